The molecule has 4 aromatic rings. The van der Waals surface area contributed by atoms with Crippen LogP contribution < -0.4 is 24.8 Å². The van der Waals surface area contributed by atoms with Gasteiger partial charge in [0.1, 0.15) is 17.0 Å². The number of fused-ring (bicyclic) bond motifs is 1. The van der Waals surface area contributed by atoms with Crippen LogP contribution in [-0.2, 0) is 9.59 Å². The van der Waals surface area contributed by atoms with E-state index in [0.717, 1.165) is 32.1 Å². The lowest BCUT2D eigenvalue weighted by Crippen LogP contribution is -2.41. The number of nitrogens with zero attached hydrogens (tertiary/aromatic N) is 3. The van der Waals surface area contributed by atoms with Gasteiger partial charge in [0, 0.05) is 35.9 Å². The average molecular weight is 619 g/mol. The van der Waals surface area contributed by atoms with E-state index >= 15 is 4.39 Å². The molecule has 0 saturated heterocycles. The second-order valence-corrected chi connectivity index (χ2v) is 10.8. The number of benzene rings is 3. The van der Waals surface area contributed by atoms with Gasteiger partial charge in [0.25, 0.3) is 0 Å². The average Bonchev–Trinajstić information content (AvgIpc) is 3.86. The molecule has 236 valence electrons. The molecule has 0 aliphatic heterocycles. The van der Waals surface area contributed by atoms with Crippen LogP contribution in [0.4, 0.5) is 20.2 Å². The van der Waals surface area contributed by atoms with E-state index in [4.69, 9.17) is 19.9 Å². The van der Waals surface area contributed by atoms with Crippen molar-refractivity contribution in [2.75, 3.05) is 38.3 Å². The molecular formula is C34H36F2N4O5. The van der Waals surface area contributed by atoms with E-state index in [0.29, 0.717) is 34.8 Å². The summed E-state index contributed by atoms with van der Waals surface area (Å²) in [5.74, 6) is -1.38. The fourth-order valence-electron chi connectivity index (χ4n) is 5.21. The van der Waals surface area contributed by atoms with Crippen molar-refractivity contribution in [1.29, 1.82) is 0 Å². The highest BCUT2D eigenvalue weighted by molar-refractivity contribution is 6.16. The lowest BCUT2D eigenvalue weighted by atomic mass is 10.0. The molecule has 1 aliphatic rings. The van der Waals surface area contributed by atoms with Crippen LogP contribution in [0.2, 0.25) is 0 Å². The number of amides is 2. The molecule has 1 heterocycles. The molecule has 1 fully saturated rings. The molecule has 11 heteroatoms. The first-order chi connectivity index (χ1) is 21.7. The smallest absolute Gasteiger partial charge is 0.247 e. The number of methoxy groups -OCH3 is 1. The van der Waals surface area contributed by atoms with Crippen molar-refractivity contribution in [3.05, 3.63) is 78.5 Å². The minimum Gasteiger partial charge on any atom is -0.493 e. The minimum atomic E-state index is -1.39. The number of carbonyl (C=O) groups is 2. The Balaban J connectivity index is 1.41. The topological polar surface area (TPSA) is 107 Å². The minimum absolute atomic E-state index is 0.107. The zero-order chi connectivity index (χ0) is 32.1. The maximum Gasteiger partial charge on any atom is 0.247 e. The molecule has 1 aromatic heterocycles. The van der Waals surface area contributed by atoms with E-state index < -0.39 is 28.9 Å². The first-order valence-electron chi connectivity index (χ1n) is 14.9. The van der Waals surface area contributed by atoms with Gasteiger partial charge in [-0.1, -0.05) is 13.8 Å². The summed E-state index contributed by atoms with van der Waals surface area (Å²) in [5, 5.41) is 0.577. The highest BCUT2D eigenvalue weighted by Gasteiger charge is 2.57. The predicted octanol–water partition coefficient (Wildman–Crippen LogP) is 6.35. The van der Waals surface area contributed by atoms with Crippen LogP contribution in [0, 0.1) is 17.0 Å². The molecular weight excluding hydrogens is 582 g/mol. The number of primary amides is 1. The van der Waals surface area contributed by atoms with Crippen LogP contribution in [0.15, 0.2) is 66.9 Å². The van der Waals surface area contributed by atoms with Crippen molar-refractivity contribution in [3.63, 3.8) is 0 Å². The number of ether oxygens (including phenoxy) is 3. The molecule has 1 saturated carbocycles. The van der Waals surface area contributed by atoms with Crippen molar-refractivity contribution in [3.8, 4) is 23.0 Å². The van der Waals surface area contributed by atoms with Gasteiger partial charge in [-0.15, -0.1) is 0 Å². The lowest BCUT2D eigenvalue weighted by Gasteiger charge is -2.26. The monoisotopic (exact) mass is 618 g/mol. The van der Waals surface area contributed by atoms with Gasteiger partial charge in [-0.2, -0.15) is 0 Å². The third kappa shape index (κ3) is 6.68. The summed E-state index contributed by atoms with van der Waals surface area (Å²) < 4.78 is 46.9. The molecule has 45 heavy (non-hydrogen) atoms. The number of rotatable bonds is 14. The molecule has 3 aromatic carbocycles. The van der Waals surface area contributed by atoms with Crippen LogP contribution >= 0.6 is 0 Å². The Bertz CT molecular complexity index is 1690. The summed E-state index contributed by atoms with van der Waals surface area (Å²) in [6.07, 6.45) is 2.96. The SMILES string of the molecule is CCN(CC)CCCOc1cc2nccc(Oc3ccc(N(C(=O)C4(C(N)=O)CC4)c4ccc(F)cc4)cc3F)c2cc1OC. The first-order valence-corrected chi connectivity index (χ1v) is 14.9. The Morgan fingerprint density at radius 1 is 0.911 bits per heavy atom. The van der Waals surface area contributed by atoms with Crippen molar-refractivity contribution in [2.45, 2.75) is 33.1 Å². The number of pyridine rings is 1. The maximum atomic E-state index is 15.6. The molecule has 9 nitrogen and oxygen atoms in total. The predicted molar refractivity (Wildman–Crippen MR) is 167 cm³/mol. The Hall–Kier alpha value is -4.77. The van der Waals surface area contributed by atoms with Gasteiger partial charge in [0.15, 0.2) is 23.1 Å². The van der Waals surface area contributed by atoms with Gasteiger partial charge in [-0.25, -0.2) is 8.78 Å². The highest BCUT2D eigenvalue weighted by Crippen LogP contribution is 2.49. The molecule has 1 aliphatic carbocycles. The molecule has 2 N–H and O–H groups in total. The normalized spacial score (nSPS) is 13.5. The van der Waals surface area contributed by atoms with Gasteiger partial charge in [0.05, 0.1) is 24.9 Å². The van der Waals surface area contributed by atoms with E-state index in [-0.39, 0.29) is 30.0 Å². The molecule has 0 spiro atoms. The van der Waals surface area contributed by atoms with Crippen molar-refractivity contribution in [2.24, 2.45) is 11.1 Å². The van der Waals surface area contributed by atoms with E-state index in [2.05, 4.69) is 23.7 Å². The number of nitrogens with two attached hydrogens (primary N) is 1. The second kappa shape index (κ2) is 13.5. The molecule has 2 amide bonds. The standard InChI is InChI=1S/C34H36F2N4O5/c1-4-39(5-2)17-6-18-44-31-21-27-25(20-30(31)43-3)28(13-16-38-27)45-29-12-11-24(19-26(29)36)40(23-9-7-22(35)8-10-23)33(42)34(14-15-34)32(37)41/h7-13,16,19-21H,4-6,14-15,17-18H2,1-3H3,(H2,37,41). The van der Waals surface area contributed by atoms with Gasteiger partial charge in [-0.3, -0.25) is 19.5 Å². The number of carbonyl (C=O) groups excluding carboxylic acids is 2. The summed E-state index contributed by atoms with van der Waals surface area (Å²) in [5.41, 5.74) is 5.13. The van der Waals surface area contributed by atoms with Crippen LogP contribution in [0.3, 0.4) is 0 Å². The summed E-state index contributed by atoms with van der Waals surface area (Å²) >= 11 is 0. The Labute approximate surface area is 260 Å². The van der Waals surface area contributed by atoms with E-state index in [1.807, 2.05) is 0 Å². The number of halogens is 2. The second-order valence-electron chi connectivity index (χ2n) is 10.8. The Morgan fingerprint density at radius 3 is 2.24 bits per heavy atom. The van der Waals surface area contributed by atoms with Crippen LogP contribution in [0.25, 0.3) is 10.9 Å². The zero-order valence-corrected chi connectivity index (χ0v) is 25.5. The molecule has 0 unspecified atom stereocenters. The fraction of sp³-hybridized carbons (Fsp3) is 0.324. The Kier molecular flexibility index (Phi) is 9.48. The highest BCUT2D eigenvalue weighted by atomic mass is 19.1. The number of hydrogen-bond acceptors (Lipinski definition) is 7. The number of hydrogen-bond donors (Lipinski definition) is 1. The fourth-order valence-corrected chi connectivity index (χ4v) is 5.21. The first kappa shape index (κ1) is 31.6. The summed E-state index contributed by atoms with van der Waals surface area (Å²) in [6.45, 7) is 7.64. The molecule has 0 radical (unpaired) electrons. The van der Waals surface area contributed by atoms with E-state index in [9.17, 15) is 14.0 Å². The third-order valence-corrected chi connectivity index (χ3v) is 8.07. The third-order valence-electron chi connectivity index (χ3n) is 8.07. The quantitative estimate of drug-likeness (QED) is 0.130. The lowest BCUT2D eigenvalue weighted by molar-refractivity contribution is -0.133. The summed E-state index contributed by atoms with van der Waals surface area (Å²) in [7, 11) is 1.54. The zero-order valence-electron chi connectivity index (χ0n) is 25.5. The van der Waals surface area contributed by atoms with Gasteiger partial charge in [0.2, 0.25) is 11.8 Å². The maximum absolute atomic E-state index is 15.6. The Morgan fingerprint density at radius 2 is 1.62 bits per heavy atom. The van der Waals surface area contributed by atoms with Crippen LogP contribution in [-0.4, -0.2) is 55.0 Å². The largest absolute Gasteiger partial charge is 0.493 e. The molecule has 0 atom stereocenters. The van der Waals surface area contributed by atoms with E-state index in [1.165, 1.54) is 48.4 Å². The number of aromatic nitrogens is 1. The molecule has 0 bridgehead atoms. The van der Waals surface area contributed by atoms with E-state index in [1.54, 1.807) is 24.4 Å². The van der Waals surface area contributed by atoms with Crippen molar-refractivity contribution >= 4 is 34.1 Å². The number of anilines is 2. The van der Waals surface area contributed by atoms with Gasteiger partial charge < -0.3 is 24.8 Å². The van der Waals surface area contributed by atoms with Crippen LogP contribution in [0.1, 0.15) is 33.1 Å². The van der Waals surface area contributed by atoms with Gasteiger partial charge in [-0.05, 0) is 80.9 Å². The van der Waals surface area contributed by atoms with Crippen molar-refractivity contribution < 1.29 is 32.6 Å². The van der Waals surface area contributed by atoms with Crippen molar-refractivity contribution in [1.82, 2.24) is 9.88 Å². The summed E-state index contributed by atoms with van der Waals surface area (Å²) in [4.78, 5) is 33.7. The van der Waals surface area contributed by atoms with Crippen LogP contribution in [0.5, 0.6) is 23.0 Å². The molecule has 5 rings (SSSR count). The summed E-state index contributed by atoms with van der Waals surface area (Å²) in [6, 6.07) is 14.2. The van der Waals surface area contributed by atoms with Gasteiger partial charge >= 0.3 is 0 Å².